The number of rotatable bonds is 67. The van der Waals surface area contributed by atoms with E-state index in [0.29, 0.717) is 25.7 Å². The second-order valence-corrected chi connectivity index (χ2v) is 26.7. The molecule has 19 heteroatoms. The van der Waals surface area contributed by atoms with Crippen molar-refractivity contribution in [2.45, 2.75) is 316 Å². The van der Waals surface area contributed by atoms with Crippen molar-refractivity contribution in [2.75, 3.05) is 39.6 Å². The topological polar surface area (TPSA) is 237 Å². The largest absolute Gasteiger partial charge is 0.472 e. The predicted octanol–water partition coefficient (Wildman–Crippen LogP) is 19.9. The highest BCUT2D eigenvalue weighted by molar-refractivity contribution is 7.47. The molecule has 0 aliphatic rings. The van der Waals surface area contributed by atoms with Crippen molar-refractivity contribution in [1.82, 2.24) is 0 Å². The van der Waals surface area contributed by atoms with Crippen LogP contribution in [0.15, 0.2) is 85.1 Å². The number of allylic oxidation sites excluding steroid dienone is 14. The van der Waals surface area contributed by atoms with Crippen molar-refractivity contribution < 1.29 is 80.2 Å². The maximum atomic E-state index is 13.0. The molecule has 5 unspecified atom stereocenters. The zero-order valence-corrected chi connectivity index (χ0v) is 59.5. The minimum atomic E-state index is -4.98. The van der Waals surface area contributed by atoms with E-state index >= 15 is 0 Å². The van der Waals surface area contributed by atoms with E-state index in [0.717, 1.165) is 154 Å². The molecule has 0 spiro atoms. The number of phosphoric acid groups is 2. The molecule has 0 saturated heterocycles. The van der Waals surface area contributed by atoms with Gasteiger partial charge in [0.25, 0.3) is 0 Å². The fourth-order valence-corrected chi connectivity index (χ4v) is 10.9. The SMILES string of the molecule is CC/C=C\C/C=C\C/C=C\C/C=C\CCCCC(=O)OCC(COP(=O)(O)OCC(O)COP(=O)(O)OCC(COC(=O)CCCCCCC/C=C\CCCCCC)OC(=O)CCCCCCCCCCCCC)OC(=O)CCCCCCC/C=C\C/C=C\CCC. The molecule has 0 saturated carbocycles. The van der Waals surface area contributed by atoms with Gasteiger partial charge in [0.15, 0.2) is 12.2 Å². The van der Waals surface area contributed by atoms with Gasteiger partial charge in [-0.2, -0.15) is 0 Å². The molecule has 3 N–H and O–H groups in total. The zero-order valence-electron chi connectivity index (χ0n) is 57.7. The number of carbonyl (C=O) groups excluding carboxylic acids is 4. The van der Waals surface area contributed by atoms with Crippen LogP contribution in [0.1, 0.15) is 297 Å². The van der Waals surface area contributed by atoms with Gasteiger partial charge in [0.05, 0.1) is 26.4 Å². The fraction of sp³-hybridized carbons (Fsp3) is 0.753. The van der Waals surface area contributed by atoms with E-state index in [2.05, 4.69) is 113 Å². The summed E-state index contributed by atoms with van der Waals surface area (Å²) in [5, 5.41) is 10.6. The summed E-state index contributed by atoms with van der Waals surface area (Å²) in [5.74, 6) is -2.24. The molecule has 0 aliphatic carbocycles. The van der Waals surface area contributed by atoms with Gasteiger partial charge in [-0.3, -0.25) is 37.3 Å². The predicted molar refractivity (Wildman–Crippen MR) is 372 cm³/mol. The maximum absolute atomic E-state index is 13.0. The highest BCUT2D eigenvalue weighted by Crippen LogP contribution is 2.45. The highest BCUT2D eigenvalue weighted by atomic mass is 31.2. The molecule has 0 fully saturated rings. The third kappa shape index (κ3) is 64.9. The molecule has 92 heavy (non-hydrogen) atoms. The summed E-state index contributed by atoms with van der Waals surface area (Å²) < 4.78 is 68.2. The smallest absolute Gasteiger partial charge is 0.462 e. The molecule has 0 aromatic carbocycles. The van der Waals surface area contributed by atoms with Gasteiger partial charge < -0.3 is 33.8 Å². The number of ether oxygens (including phenoxy) is 4. The molecule has 5 atom stereocenters. The van der Waals surface area contributed by atoms with Crippen molar-refractivity contribution in [2.24, 2.45) is 0 Å². The van der Waals surface area contributed by atoms with Crippen LogP contribution in [0.2, 0.25) is 0 Å². The van der Waals surface area contributed by atoms with Crippen molar-refractivity contribution >= 4 is 39.5 Å². The Morgan fingerprint density at radius 3 is 0.957 bits per heavy atom. The summed E-state index contributed by atoms with van der Waals surface area (Å²) in [6.45, 7) is 4.60. The van der Waals surface area contributed by atoms with Crippen molar-refractivity contribution in [3.63, 3.8) is 0 Å². The Kier molecular flexibility index (Phi) is 63.2. The lowest BCUT2D eigenvalue weighted by Gasteiger charge is -2.21. The van der Waals surface area contributed by atoms with Gasteiger partial charge in [-0.05, 0) is 116 Å². The molecule has 0 bridgehead atoms. The van der Waals surface area contributed by atoms with Crippen LogP contribution in [-0.2, 0) is 65.4 Å². The average Bonchev–Trinajstić information content (AvgIpc) is 2.73. The molecule has 17 nitrogen and oxygen atoms in total. The fourth-order valence-electron chi connectivity index (χ4n) is 9.36. The number of phosphoric ester groups is 2. The first-order valence-electron chi connectivity index (χ1n) is 35.8. The lowest BCUT2D eigenvalue weighted by atomic mass is 10.1. The average molecular weight is 1340 g/mol. The first-order valence-corrected chi connectivity index (χ1v) is 38.8. The summed E-state index contributed by atoms with van der Waals surface area (Å²) in [6.07, 6.45) is 64.5. The number of hydrogen-bond acceptors (Lipinski definition) is 15. The molecule has 0 amide bonds. The van der Waals surface area contributed by atoms with E-state index in [1.165, 1.54) is 64.2 Å². The summed E-state index contributed by atoms with van der Waals surface area (Å²) in [7, 11) is -9.94. The Labute approximate surface area is 557 Å². The Morgan fingerprint density at radius 1 is 0.315 bits per heavy atom. The van der Waals surface area contributed by atoms with Crippen LogP contribution in [0.5, 0.6) is 0 Å². The van der Waals surface area contributed by atoms with Gasteiger partial charge in [0, 0.05) is 25.7 Å². The Balaban J connectivity index is 5.35. The molecule has 0 heterocycles. The van der Waals surface area contributed by atoms with E-state index in [1.54, 1.807) is 0 Å². The van der Waals surface area contributed by atoms with Crippen molar-refractivity contribution in [1.29, 1.82) is 0 Å². The van der Waals surface area contributed by atoms with Gasteiger partial charge in [-0.25, -0.2) is 9.13 Å². The van der Waals surface area contributed by atoms with Gasteiger partial charge in [0.2, 0.25) is 0 Å². The van der Waals surface area contributed by atoms with Gasteiger partial charge in [-0.1, -0.05) is 241 Å². The number of hydrogen-bond donors (Lipinski definition) is 3. The van der Waals surface area contributed by atoms with E-state index in [1.807, 2.05) is 0 Å². The summed E-state index contributed by atoms with van der Waals surface area (Å²) >= 11 is 0. The monoisotopic (exact) mass is 1340 g/mol. The molecule has 0 radical (unpaired) electrons. The molecule has 0 aliphatic heterocycles. The second-order valence-electron chi connectivity index (χ2n) is 23.8. The van der Waals surface area contributed by atoms with Crippen LogP contribution >= 0.6 is 15.6 Å². The van der Waals surface area contributed by atoms with E-state index < -0.39 is 97.5 Å². The Bertz CT molecular complexity index is 2090. The van der Waals surface area contributed by atoms with Crippen molar-refractivity contribution in [3.8, 4) is 0 Å². The standard InChI is InChI=1S/C73H128O17P2/c1-5-9-13-17-21-25-29-32-33-36-39-42-46-50-54-58-71(76)84-64-69(90-73(78)60-56-52-48-44-40-35-31-27-23-19-15-11-7-3)66-88-92(81,82)86-62-67(74)61-85-91(79,80)87-65-68(89-72(77)59-55-51-47-43-37-28-24-20-16-12-8-4)63-83-70(75)57-53-49-45-41-38-34-30-26-22-18-14-10-6-2/h9,13,15,19,21,25-27,30-33,39,42,67-69,74H,5-8,10-12,14,16-18,20,22-24,28-29,34-38,40-41,43-66H2,1-4H3,(H,79,80)(H,81,82)/b13-9-,19-15-,25-21-,30-26-,31-27-,33-32-,42-39-. The first-order chi connectivity index (χ1) is 44.7. The second kappa shape index (κ2) is 65.9. The van der Waals surface area contributed by atoms with Crippen molar-refractivity contribution in [3.05, 3.63) is 85.1 Å². The maximum Gasteiger partial charge on any atom is 0.472 e. The summed E-state index contributed by atoms with van der Waals surface area (Å²) in [4.78, 5) is 72.5. The van der Waals surface area contributed by atoms with E-state index in [4.69, 9.17) is 37.0 Å². The quantitative estimate of drug-likeness (QED) is 0.0169. The molecule has 0 rings (SSSR count). The van der Waals surface area contributed by atoms with E-state index in [-0.39, 0.29) is 25.7 Å². The molecule has 0 aromatic heterocycles. The number of unbranched alkanes of at least 4 members (excludes halogenated alkanes) is 27. The van der Waals surface area contributed by atoms with Gasteiger partial charge in [-0.15, -0.1) is 0 Å². The molecular weight excluding hydrogens is 1210 g/mol. The van der Waals surface area contributed by atoms with Crippen LogP contribution in [0, 0.1) is 0 Å². The summed E-state index contributed by atoms with van der Waals surface area (Å²) in [6, 6.07) is 0. The highest BCUT2D eigenvalue weighted by Gasteiger charge is 2.30. The molecular formula is C73H128O17P2. The number of carbonyl (C=O) groups is 4. The van der Waals surface area contributed by atoms with Crippen LogP contribution in [0.25, 0.3) is 0 Å². The van der Waals surface area contributed by atoms with Gasteiger partial charge >= 0.3 is 39.5 Å². The minimum absolute atomic E-state index is 0.0700. The third-order valence-corrected chi connectivity index (χ3v) is 16.7. The molecule has 0 aromatic rings. The van der Waals surface area contributed by atoms with Crippen LogP contribution in [-0.4, -0.2) is 96.7 Å². The lowest BCUT2D eigenvalue weighted by molar-refractivity contribution is -0.161. The first kappa shape index (κ1) is 88.2. The number of esters is 4. The van der Waals surface area contributed by atoms with E-state index in [9.17, 15) is 43.2 Å². The number of aliphatic hydroxyl groups is 1. The number of aliphatic hydroxyl groups excluding tert-OH is 1. The zero-order chi connectivity index (χ0) is 67.5. The Morgan fingerprint density at radius 2 is 0.587 bits per heavy atom. The molecule has 532 valence electrons. The van der Waals surface area contributed by atoms with Gasteiger partial charge in [0.1, 0.15) is 19.3 Å². The third-order valence-electron chi connectivity index (χ3n) is 14.8. The normalized spacial score (nSPS) is 14.6. The Hall–Kier alpha value is -3.76. The lowest BCUT2D eigenvalue weighted by Crippen LogP contribution is -2.30. The van der Waals surface area contributed by atoms with Crippen LogP contribution in [0.4, 0.5) is 0 Å². The van der Waals surface area contributed by atoms with Crippen LogP contribution in [0.3, 0.4) is 0 Å². The summed E-state index contributed by atoms with van der Waals surface area (Å²) in [5.41, 5.74) is 0. The van der Waals surface area contributed by atoms with Crippen LogP contribution < -0.4 is 0 Å². The minimum Gasteiger partial charge on any atom is -0.462 e.